The molecule has 0 radical (unpaired) electrons. The zero-order valence-corrected chi connectivity index (χ0v) is 16.8. The van der Waals surface area contributed by atoms with Crippen LogP contribution in [0, 0.1) is 16.3 Å². The molecule has 0 aliphatic carbocycles. The third-order valence-electron chi connectivity index (χ3n) is 2.79. The average Bonchev–Trinajstić information content (AvgIpc) is 2.33. The van der Waals surface area contributed by atoms with E-state index in [0.717, 1.165) is 23.6 Å². The molecule has 2 rings (SSSR count). The van der Waals surface area contributed by atoms with Crippen LogP contribution in [0.2, 0.25) is 0 Å². The number of halogens is 5. The van der Waals surface area contributed by atoms with Crippen molar-refractivity contribution in [2.45, 2.75) is 11.8 Å². The molecule has 0 saturated carbocycles. The minimum atomic E-state index is -0.211. The van der Waals surface area contributed by atoms with Crippen LogP contribution in [0.1, 0.15) is 21.5 Å². The van der Waals surface area contributed by atoms with Crippen LogP contribution in [0.4, 0.5) is 4.39 Å². The van der Waals surface area contributed by atoms with Gasteiger partial charge in [-0.1, -0.05) is 53.9 Å². The molecule has 0 N–H and O–H groups in total. The summed E-state index contributed by atoms with van der Waals surface area (Å²) in [7, 11) is 0. The Morgan fingerprint density at radius 3 is 2.37 bits per heavy atom. The van der Waals surface area contributed by atoms with Crippen LogP contribution in [0.15, 0.2) is 39.3 Å². The first kappa shape index (κ1) is 15.9. The highest BCUT2D eigenvalue weighted by Gasteiger charge is 2.17. The lowest BCUT2D eigenvalue weighted by atomic mass is 10.0. The number of rotatable bonds is 2. The van der Waals surface area contributed by atoms with Crippen molar-refractivity contribution in [3.05, 3.63) is 65.4 Å². The molecule has 0 heterocycles. The van der Waals surface area contributed by atoms with Gasteiger partial charge < -0.3 is 0 Å². The molecule has 1 unspecified atom stereocenters. The minimum Gasteiger partial charge on any atom is -0.207 e. The molecule has 2 aromatic rings. The molecule has 0 aliphatic heterocycles. The van der Waals surface area contributed by atoms with Gasteiger partial charge in [0.2, 0.25) is 0 Å². The third-order valence-corrected chi connectivity index (χ3v) is 6.25. The second-order valence-electron chi connectivity index (χ2n) is 4.15. The number of alkyl halides is 1. The largest absolute Gasteiger partial charge is 0.207 e. The van der Waals surface area contributed by atoms with Crippen molar-refractivity contribution in [2.24, 2.45) is 0 Å². The molecule has 0 amide bonds. The highest BCUT2D eigenvalue weighted by Crippen LogP contribution is 2.39. The van der Waals surface area contributed by atoms with E-state index in [1.54, 1.807) is 6.07 Å². The van der Waals surface area contributed by atoms with Crippen LogP contribution in [0.3, 0.4) is 0 Å². The van der Waals surface area contributed by atoms with Gasteiger partial charge in [0.15, 0.2) is 0 Å². The summed E-state index contributed by atoms with van der Waals surface area (Å²) in [4.78, 5) is 0.0197. The molecule has 100 valence electrons. The molecule has 5 heteroatoms. The van der Waals surface area contributed by atoms with Crippen molar-refractivity contribution in [2.75, 3.05) is 0 Å². The van der Waals surface area contributed by atoms with Crippen molar-refractivity contribution < 1.29 is 4.39 Å². The van der Waals surface area contributed by atoms with Gasteiger partial charge in [-0.05, 0) is 70.5 Å². The first-order valence-electron chi connectivity index (χ1n) is 5.44. The van der Waals surface area contributed by atoms with E-state index in [1.807, 2.05) is 13.0 Å². The van der Waals surface area contributed by atoms with Gasteiger partial charge in [-0.2, -0.15) is 0 Å². The van der Waals surface area contributed by atoms with Gasteiger partial charge in [-0.3, -0.25) is 0 Å². The lowest BCUT2D eigenvalue weighted by Gasteiger charge is -2.16. The maximum atomic E-state index is 13.2. The highest BCUT2D eigenvalue weighted by atomic mass is 127. The Morgan fingerprint density at radius 2 is 1.74 bits per heavy atom. The quantitative estimate of drug-likeness (QED) is 0.281. The standard InChI is InChI=1S/C14H9Br3FI/c1-7-4-12(16)10(6-11(7)15)14(17)9-3-2-8(18)5-13(9)19/h2-6,14H,1H3. The van der Waals surface area contributed by atoms with Crippen LogP contribution >= 0.6 is 70.4 Å². The molecule has 0 spiro atoms. The van der Waals surface area contributed by atoms with Gasteiger partial charge >= 0.3 is 0 Å². The van der Waals surface area contributed by atoms with Crippen LogP contribution in [-0.2, 0) is 0 Å². The first-order valence-corrected chi connectivity index (χ1v) is 9.02. The van der Waals surface area contributed by atoms with E-state index >= 15 is 0 Å². The van der Waals surface area contributed by atoms with E-state index in [4.69, 9.17) is 0 Å². The predicted octanol–water partition coefficient (Wildman–Crippen LogP) is 6.75. The molecular weight excluding hydrogens is 554 g/mol. The lowest BCUT2D eigenvalue weighted by molar-refractivity contribution is 0.626. The van der Waals surface area contributed by atoms with Gasteiger partial charge in [0.25, 0.3) is 0 Å². The fourth-order valence-electron chi connectivity index (χ4n) is 1.73. The summed E-state index contributed by atoms with van der Waals surface area (Å²) in [6.07, 6.45) is 0. The molecule has 1 atom stereocenters. The van der Waals surface area contributed by atoms with Gasteiger partial charge in [0.05, 0.1) is 4.83 Å². The van der Waals surface area contributed by atoms with Crippen LogP contribution < -0.4 is 0 Å². The summed E-state index contributed by atoms with van der Waals surface area (Å²) in [6.45, 7) is 2.05. The maximum absolute atomic E-state index is 13.2. The number of hydrogen-bond acceptors (Lipinski definition) is 0. The maximum Gasteiger partial charge on any atom is 0.124 e. The van der Waals surface area contributed by atoms with E-state index in [2.05, 4.69) is 82.5 Å². The zero-order valence-electron chi connectivity index (χ0n) is 9.85. The Morgan fingerprint density at radius 1 is 1.05 bits per heavy atom. The molecular formula is C14H9Br3FI. The molecule has 0 aliphatic rings. The second kappa shape index (κ2) is 6.54. The van der Waals surface area contributed by atoms with E-state index < -0.39 is 0 Å². The fraction of sp³-hybridized carbons (Fsp3) is 0.143. The summed E-state index contributed by atoms with van der Waals surface area (Å²) >= 11 is 13.0. The molecule has 0 saturated heterocycles. The topological polar surface area (TPSA) is 0 Å². The summed E-state index contributed by atoms with van der Waals surface area (Å²) < 4.78 is 16.2. The van der Waals surface area contributed by atoms with Gasteiger partial charge in [-0.25, -0.2) is 4.39 Å². The van der Waals surface area contributed by atoms with Gasteiger partial charge in [0.1, 0.15) is 5.82 Å². The Balaban J connectivity index is 2.49. The lowest BCUT2D eigenvalue weighted by Crippen LogP contribution is -1.98. The van der Waals surface area contributed by atoms with Crippen LogP contribution in [0.25, 0.3) is 0 Å². The smallest absolute Gasteiger partial charge is 0.124 e. The van der Waals surface area contributed by atoms with Gasteiger partial charge in [0, 0.05) is 12.5 Å². The molecule has 0 nitrogen and oxygen atoms in total. The van der Waals surface area contributed by atoms with E-state index in [0.29, 0.717) is 0 Å². The third kappa shape index (κ3) is 3.60. The fourth-order valence-corrected chi connectivity index (χ4v) is 5.08. The van der Waals surface area contributed by atoms with E-state index in [-0.39, 0.29) is 10.6 Å². The zero-order chi connectivity index (χ0) is 14.2. The predicted molar refractivity (Wildman–Crippen MR) is 96.5 cm³/mol. The monoisotopic (exact) mass is 560 g/mol. The van der Waals surface area contributed by atoms with Crippen LogP contribution in [-0.4, -0.2) is 0 Å². The number of benzene rings is 2. The molecule has 2 aromatic carbocycles. The Hall–Kier alpha value is 0.540. The summed E-state index contributed by atoms with van der Waals surface area (Å²) in [5.41, 5.74) is 3.34. The Labute approximate surface area is 150 Å². The normalized spacial score (nSPS) is 12.5. The van der Waals surface area contributed by atoms with Crippen molar-refractivity contribution in [3.8, 4) is 0 Å². The van der Waals surface area contributed by atoms with Gasteiger partial charge in [-0.15, -0.1) is 0 Å². The minimum absolute atomic E-state index is 0.0197. The van der Waals surface area contributed by atoms with Crippen LogP contribution in [0.5, 0.6) is 0 Å². The summed E-state index contributed by atoms with van der Waals surface area (Å²) in [5, 5.41) is 0. The SMILES string of the molecule is Cc1cc(Br)c(C(Br)c2ccc(F)cc2I)cc1Br. The first-order chi connectivity index (χ1) is 8.90. The highest BCUT2D eigenvalue weighted by molar-refractivity contribution is 14.1. The Kier molecular flexibility index (Phi) is 5.48. The average molecular weight is 563 g/mol. The van der Waals surface area contributed by atoms with Crippen molar-refractivity contribution in [3.63, 3.8) is 0 Å². The summed E-state index contributed by atoms with van der Waals surface area (Å²) in [6, 6.07) is 9.00. The molecule has 0 aromatic heterocycles. The van der Waals surface area contributed by atoms with E-state index in [9.17, 15) is 4.39 Å². The number of hydrogen-bond donors (Lipinski definition) is 0. The van der Waals surface area contributed by atoms with Crippen molar-refractivity contribution in [1.82, 2.24) is 0 Å². The van der Waals surface area contributed by atoms with E-state index in [1.165, 1.54) is 11.6 Å². The molecule has 19 heavy (non-hydrogen) atoms. The second-order valence-corrected chi connectivity index (χ2v) is 7.94. The summed E-state index contributed by atoms with van der Waals surface area (Å²) in [5.74, 6) is -0.211. The Bertz CT molecular complexity index is 628. The number of aryl methyl sites for hydroxylation is 1. The van der Waals surface area contributed by atoms with Crippen molar-refractivity contribution >= 4 is 70.4 Å². The molecule has 0 bridgehead atoms. The van der Waals surface area contributed by atoms with Crippen molar-refractivity contribution in [1.29, 1.82) is 0 Å². The molecule has 0 fully saturated rings.